The van der Waals surface area contributed by atoms with Crippen molar-refractivity contribution in [2.45, 2.75) is 75.5 Å². The largest absolute Gasteiger partial charge is 0.380 e. The van der Waals surface area contributed by atoms with Crippen molar-refractivity contribution in [3.05, 3.63) is 0 Å². The van der Waals surface area contributed by atoms with E-state index in [0.717, 1.165) is 19.8 Å². The molecule has 0 aromatic rings. The zero-order valence-corrected chi connectivity index (χ0v) is 11.7. The van der Waals surface area contributed by atoms with Crippen LogP contribution in [0.4, 0.5) is 0 Å². The molecule has 1 saturated carbocycles. The Bertz CT molecular complexity index is 280. The molecular formula is C15H27NO2. The second-order valence-corrected chi connectivity index (χ2v) is 6.77. The fourth-order valence-electron chi connectivity index (χ4n) is 3.86. The second-order valence-electron chi connectivity index (χ2n) is 6.77. The Kier molecular flexibility index (Phi) is 3.65. The third-order valence-electron chi connectivity index (χ3n) is 5.05. The van der Waals surface area contributed by atoms with Crippen LogP contribution in [0, 0.1) is 0 Å². The Labute approximate surface area is 111 Å². The van der Waals surface area contributed by atoms with E-state index in [4.69, 9.17) is 9.47 Å². The summed E-state index contributed by atoms with van der Waals surface area (Å²) in [6.07, 6.45) is 10.7. The van der Waals surface area contributed by atoms with Gasteiger partial charge in [-0.1, -0.05) is 12.8 Å². The Balaban J connectivity index is 1.46. The van der Waals surface area contributed by atoms with Gasteiger partial charge in [0.1, 0.15) is 0 Å². The van der Waals surface area contributed by atoms with Crippen LogP contribution in [-0.4, -0.2) is 37.0 Å². The van der Waals surface area contributed by atoms with Crippen molar-refractivity contribution in [3.8, 4) is 0 Å². The first-order valence-corrected chi connectivity index (χ1v) is 7.70. The summed E-state index contributed by atoms with van der Waals surface area (Å²) in [5.41, 5.74) is 0.448. The smallest absolute Gasteiger partial charge is 0.0708 e. The highest BCUT2D eigenvalue weighted by Crippen LogP contribution is 2.43. The topological polar surface area (TPSA) is 30.5 Å². The van der Waals surface area contributed by atoms with E-state index >= 15 is 0 Å². The van der Waals surface area contributed by atoms with Gasteiger partial charge in [0.25, 0.3) is 0 Å². The number of rotatable bonds is 3. The fourth-order valence-corrected chi connectivity index (χ4v) is 3.86. The highest BCUT2D eigenvalue weighted by molar-refractivity contribution is 4.94. The molecule has 104 valence electrons. The molecule has 0 aromatic heterocycles. The third-order valence-corrected chi connectivity index (χ3v) is 5.05. The van der Waals surface area contributed by atoms with E-state index < -0.39 is 0 Å². The molecular weight excluding hydrogens is 226 g/mol. The summed E-state index contributed by atoms with van der Waals surface area (Å²) in [6, 6.07) is 0. The van der Waals surface area contributed by atoms with Gasteiger partial charge in [-0.05, 0) is 45.4 Å². The lowest BCUT2D eigenvalue weighted by molar-refractivity contribution is -0.0423. The van der Waals surface area contributed by atoms with Gasteiger partial charge >= 0.3 is 0 Å². The van der Waals surface area contributed by atoms with E-state index in [9.17, 15) is 0 Å². The summed E-state index contributed by atoms with van der Waals surface area (Å²) in [6.45, 7) is 5.07. The summed E-state index contributed by atoms with van der Waals surface area (Å²) in [7, 11) is 0. The first kappa shape index (κ1) is 12.9. The van der Waals surface area contributed by atoms with Crippen LogP contribution in [0.2, 0.25) is 0 Å². The van der Waals surface area contributed by atoms with Crippen molar-refractivity contribution in [1.29, 1.82) is 0 Å². The molecule has 1 spiro atoms. The first-order chi connectivity index (χ1) is 8.70. The van der Waals surface area contributed by atoms with Gasteiger partial charge in [-0.25, -0.2) is 0 Å². The lowest BCUT2D eigenvalue weighted by Gasteiger charge is -2.35. The Morgan fingerprint density at radius 3 is 2.67 bits per heavy atom. The highest BCUT2D eigenvalue weighted by Gasteiger charge is 2.42. The van der Waals surface area contributed by atoms with E-state index in [1.807, 2.05) is 0 Å². The van der Waals surface area contributed by atoms with E-state index in [0.29, 0.717) is 6.10 Å². The molecule has 2 atom stereocenters. The third kappa shape index (κ3) is 2.73. The van der Waals surface area contributed by atoms with Gasteiger partial charge in [-0.2, -0.15) is 0 Å². The average Bonchev–Trinajstić information content (AvgIpc) is 2.99. The molecule has 0 radical (unpaired) electrons. The van der Waals surface area contributed by atoms with Gasteiger partial charge in [0.15, 0.2) is 0 Å². The van der Waals surface area contributed by atoms with Crippen LogP contribution in [0.5, 0.6) is 0 Å². The Hall–Kier alpha value is -0.120. The molecule has 2 aliphatic heterocycles. The number of hydrogen-bond donors (Lipinski definition) is 1. The molecule has 3 fully saturated rings. The van der Waals surface area contributed by atoms with Crippen LogP contribution >= 0.6 is 0 Å². The molecule has 0 aromatic carbocycles. The summed E-state index contributed by atoms with van der Waals surface area (Å²) in [5, 5.41) is 3.70. The lowest BCUT2D eigenvalue weighted by Crippen LogP contribution is -2.51. The van der Waals surface area contributed by atoms with Crippen molar-refractivity contribution in [2.24, 2.45) is 0 Å². The number of nitrogens with one attached hydrogen (secondary N) is 1. The number of ether oxygens (including phenoxy) is 2. The van der Waals surface area contributed by atoms with Crippen LogP contribution in [0.15, 0.2) is 0 Å². The van der Waals surface area contributed by atoms with Gasteiger partial charge in [-0.3, -0.25) is 0 Å². The van der Waals surface area contributed by atoms with Gasteiger partial charge in [0.2, 0.25) is 0 Å². The second kappa shape index (κ2) is 5.10. The van der Waals surface area contributed by atoms with Crippen LogP contribution in [0.1, 0.15) is 58.3 Å². The van der Waals surface area contributed by atoms with E-state index in [1.165, 1.54) is 51.4 Å². The lowest BCUT2D eigenvalue weighted by atomic mass is 9.94. The van der Waals surface area contributed by atoms with Crippen molar-refractivity contribution in [2.75, 3.05) is 19.8 Å². The monoisotopic (exact) mass is 253 g/mol. The maximum absolute atomic E-state index is 6.34. The van der Waals surface area contributed by atoms with Gasteiger partial charge in [-0.15, -0.1) is 0 Å². The molecule has 0 bridgehead atoms. The SMILES string of the molecule is CC1(NCC2CCC3(CCCC3)O2)CCCOC1. The minimum absolute atomic E-state index is 0.174. The van der Waals surface area contributed by atoms with Crippen molar-refractivity contribution in [1.82, 2.24) is 5.32 Å². The first-order valence-electron chi connectivity index (χ1n) is 7.70. The van der Waals surface area contributed by atoms with Gasteiger partial charge < -0.3 is 14.8 Å². The minimum atomic E-state index is 0.174. The van der Waals surface area contributed by atoms with Gasteiger partial charge in [0.05, 0.1) is 18.3 Å². The zero-order valence-electron chi connectivity index (χ0n) is 11.7. The summed E-state index contributed by atoms with van der Waals surface area (Å²) in [5.74, 6) is 0. The fraction of sp³-hybridized carbons (Fsp3) is 1.00. The molecule has 2 heterocycles. The van der Waals surface area contributed by atoms with E-state index in [1.54, 1.807) is 0 Å². The van der Waals surface area contributed by atoms with Crippen LogP contribution in [0.3, 0.4) is 0 Å². The molecule has 18 heavy (non-hydrogen) atoms. The zero-order chi connectivity index (χ0) is 12.5. The minimum Gasteiger partial charge on any atom is -0.380 e. The van der Waals surface area contributed by atoms with Crippen LogP contribution in [-0.2, 0) is 9.47 Å². The predicted octanol–water partition coefficient (Wildman–Crippen LogP) is 2.64. The number of hydrogen-bond acceptors (Lipinski definition) is 3. The van der Waals surface area contributed by atoms with Crippen LogP contribution < -0.4 is 5.32 Å². The Morgan fingerprint density at radius 2 is 1.94 bits per heavy atom. The standard InChI is InChI=1S/C15H27NO2/c1-14(6-4-10-17-12-14)16-11-13-5-9-15(18-13)7-2-3-8-15/h13,16H,2-12H2,1H3. The summed E-state index contributed by atoms with van der Waals surface area (Å²) >= 11 is 0. The normalized spacial score (nSPS) is 39.5. The molecule has 3 rings (SSSR count). The molecule has 3 aliphatic rings. The van der Waals surface area contributed by atoms with E-state index in [2.05, 4.69) is 12.2 Å². The predicted molar refractivity (Wildman–Crippen MR) is 71.8 cm³/mol. The molecule has 2 unspecified atom stereocenters. The van der Waals surface area contributed by atoms with Crippen molar-refractivity contribution in [3.63, 3.8) is 0 Å². The average molecular weight is 253 g/mol. The molecule has 3 heteroatoms. The Morgan fingerprint density at radius 1 is 1.11 bits per heavy atom. The molecule has 3 nitrogen and oxygen atoms in total. The molecule has 1 aliphatic carbocycles. The summed E-state index contributed by atoms with van der Waals surface area (Å²) < 4.78 is 11.9. The maximum atomic E-state index is 6.34. The van der Waals surface area contributed by atoms with E-state index in [-0.39, 0.29) is 11.1 Å². The van der Waals surface area contributed by atoms with Crippen LogP contribution in [0.25, 0.3) is 0 Å². The molecule has 0 amide bonds. The molecule has 2 saturated heterocycles. The highest BCUT2D eigenvalue weighted by atomic mass is 16.5. The van der Waals surface area contributed by atoms with Crippen molar-refractivity contribution < 1.29 is 9.47 Å². The molecule has 1 N–H and O–H groups in total. The summed E-state index contributed by atoms with van der Waals surface area (Å²) in [4.78, 5) is 0. The quantitative estimate of drug-likeness (QED) is 0.838. The maximum Gasteiger partial charge on any atom is 0.0708 e. The van der Waals surface area contributed by atoms with Gasteiger partial charge in [0, 0.05) is 18.7 Å². The van der Waals surface area contributed by atoms with Crippen molar-refractivity contribution >= 4 is 0 Å².